The number of carbonyl (C=O) groups is 2. The van der Waals surface area contributed by atoms with Crippen molar-refractivity contribution in [3.05, 3.63) is 61.0 Å². The van der Waals surface area contributed by atoms with Gasteiger partial charge in [0.05, 0.1) is 30.7 Å². The SMILES string of the molecule is COc1cc(/C=C2\SC(=O)N(Cc3ccc(I)cc3)C2=O)cc(Cl)c1OC. The van der Waals surface area contributed by atoms with Crippen molar-refractivity contribution in [2.75, 3.05) is 14.2 Å². The van der Waals surface area contributed by atoms with E-state index in [1.807, 2.05) is 24.3 Å². The Balaban J connectivity index is 1.86. The van der Waals surface area contributed by atoms with E-state index in [0.29, 0.717) is 27.0 Å². The van der Waals surface area contributed by atoms with Crippen LogP contribution in [0.25, 0.3) is 6.08 Å². The first kappa shape index (κ1) is 20.0. The number of hydrogen-bond acceptors (Lipinski definition) is 5. The Bertz CT molecular complexity index is 930. The lowest BCUT2D eigenvalue weighted by atomic mass is 10.1. The average Bonchev–Trinajstić information content (AvgIpc) is 2.90. The Kier molecular flexibility index (Phi) is 6.33. The zero-order valence-electron chi connectivity index (χ0n) is 14.5. The minimum Gasteiger partial charge on any atom is -0.493 e. The number of hydrogen-bond donors (Lipinski definition) is 0. The summed E-state index contributed by atoms with van der Waals surface area (Å²) < 4.78 is 11.6. The van der Waals surface area contributed by atoms with Gasteiger partial charge in [0.1, 0.15) is 0 Å². The number of nitrogens with zero attached hydrogens (tertiary/aromatic N) is 1. The largest absolute Gasteiger partial charge is 0.493 e. The van der Waals surface area contributed by atoms with E-state index >= 15 is 0 Å². The molecule has 0 spiro atoms. The van der Waals surface area contributed by atoms with E-state index in [-0.39, 0.29) is 17.7 Å². The Morgan fingerprint density at radius 1 is 1.15 bits per heavy atom. The molecule has 0 radical (unpaired) electrons. The van der Waals surface area contributed by atoms with Crippen molar-refractivity contribution in [2.45, 2.75) is 6.54 Å². The molecule has 0 unspecified atom stereocenters. The Morgan fingerprint density at radius 3 is 2.48 bits per heavy atom. The van der Waals surface area contributed by atoms with Crippen LogP contribution in [0.1, 0.15) is 11.1 Å². The van der Waals surface area contributed by atoms with Crippen molar-refractivity contribution in [1.82, 2.24) is 4.90 Å². The lowest BCUT2D eigenvalue weighted by Gasteiger charge is -2.12. The summed E-state index contributed by atoms with van der Waals surface area (Å²) in [7, 11) is 3.01. The average molecular weight is 516 g/mol. The van der Waals surface area contributed by atoms with Gasteiger partial charge in [-0.2, -0.15) is 0 Å². The van der Waals surface area contributed by atoms with Gasteiger partial charge in [-0.25, -0.2) is 0 Å². The van der Waals surface area contributed by atoms with Gasteiger partial charge in [-0.15, -0.1) is 0 Å². The van der Waals surface area contributed by atoms with E-state index in [9.17, 15) is 9.59 Å². The van der Waals surface area contributed by atoms with Crippen molar-refractivity contribution >= 4 is 63.2 Å². The van der Waals surface area contributed by atoms with Gasteiger partial charge >= 0.3 is 0 Å². The maximum absolute atomic E-state index is 12.7. The highest BCUT2D eigenvalue weighted by Gasteiger charge is 2.35. The second-order valence-corrected chi connectivity index (χ2v) is 8.28. The van der Waals surface area contributed by atoms with Gasteiger partial charge in [0.2, 0.25) is 0 Å². The van der Waals surface area contributed by atoms with Crippen molar-refractivity contribution < 1.29 is 19.1 Å². The fourth-order valence-corrected chi connectivity index (χ4v) is 4.08. The normalized spacial score (nSPS) is 15.6. The summed E-state index contributed by atoms with van der Waals surface area (Å²) in [6, 6.07) is 11.1. The topological polar surface area (TPSA) is 55.8 Å². The molecular formula is C19H15ClINO4S. The fourth-order valence-electron chi connectivity index (χ4n) is 2.58. The van der Waals surface area contributed by atoms with Crippen LogP contribution in [0.3, 0.4) is 0 Å². The molecule has 1 fully saturated rings. The van der Waals surface area contributed by atoms with Gasteiger partial charge in [-0.1, -0.05) is 23.7 Å². The van der Waals surface area contributed by atoms with Gasteiger partial charge in [0.25, 0.3) is 11.1 Å². The predicted octanol–water partition coefficient (Wildman–Crippen LogP) is 5.20. The Labute approximate surface area is 179 Å². The molecule has 27 heavy (non-hydrogen) atoms. The monoisotopic (exact) mass is 515 g/mol. The first-order chi connectivity index (χ1) is 12.9. The second-order valence-electron chi connectivity index (χ2n) is 5.63. The molecule has 0 bridgehead atoms. The van der Waals surface area contributed by atoms with E-state index in [4.69, 9.17) is 21.1 Å². The second kappa shape index (κ2) is 8.53. The zero-order chi connectivity index (χ0) is 19.6. The molecule has 0 saturated carbocycles. The number of imide groups is 1. The molecule has 8 heteroatoms. The number of amides is 2. The number of ether oxygens (including phenoxy) is 2. The Hall–Kier alpha value is -1.71. The molecule has 0 aliphatic carbocycles. The van der Waals surface area contributed by atoms with E-state index in [2.05, 4.69) is 22.6 Å². The lowest BCUT2D eigenvalue weighted by molar-refractivity contribution is -0.123. The molecule has 0 aromatic heterocycles. The highest BCUT2D eigenvalue weighted by atomic mass is 127. The van der Waals surface area contributed by atoms with Crippen LogP contribution >= 0.6 is 46.0 Å². The lowest BCUT2D eigenvalue weighted by Crippen LogP contribution is -2.27. The summed E-state index contributed by atoms with van der Waals surface area (Å²) in [5.41, 5.74) is 1.55. The standard InChI is InChI=1S/C19H15ClINO4S/c1-25-15-8-12(7-14(20)17(15)26-2)9-16-18(23)22(19(24)27-16)10-11-3-5-13(21)6-4-11/h3-9H,10H2,1-2H3/b16-9-. The molecule has 2 amide bonds. The summed E-state index contributed by atoms with van der Waals surface area (Å²) in [6.45, 7) is 0.242. The van der Waals surface area contributed by atoms with Gasteiger partial charge in [0, 0.05) is 3.57 Å². The van der Waals surface area contributed by atoms with Gasteiger partial charge in [0.15, 0.2) is 11.5 Å². The highest BCUT2D eigenvalue weighted by molar-refractivity contribution is 14.1. The molecule has 2 aromatic carbocycles. The molecule has 1 heterocycles. The number of methoxy groups -OCH3 is 2. The molecule has 0 N–H and O–H groups in total. The van der Waals surface area contributed by atoms with E-state index in [1.54, 1.807) is 18.2 Å². The number of rotatable bonds is 5. The molecule has 140 valence electrons. The molecule has 3 rings (SSSR count). The molecule has 1 aliphatic heterocycles. The summed E-state index contributed by atoms with van der Waals surface area (Å²) in [5, 5.41) is 0.0672. The number of benzene rings is 2. The van der Waals surface area contributed by atoms with Crippen molar-refractivity contribution in [2.24, 2.45) is 0 Å². The first-order valence-electron chi connectivity index (χ1n) is 7.84. The molecule has 5 nitrogen and oxygen atoms in total. The van der Waals surface area contributed by atoms with Crippen molar-refractivity contribution in [3.8, 4) is 11.5 Å². The van der Waals surface area contributed by atoms with E-state index < -0.39 is 0 Å². The number of halogens is 2. The van der Waals surface area contributed by atoms with Gasteiger partial charge < -0.3 is 9.47 Å². The number of carbonyl (C=O) groups excluding carboxylic acids is 2. The molecule has 2 aromatic rings. The van der Waals surface area contributed by atoms with Crippen LogP contribution in [0, 0.1) is 3.57 Å². The smallest absolute Gasteiger partial charge is 0.293 e. The van der Waals surface area contributed by atoms with E-state index in [1.165, 1.54) is 19.1 Å². The van der Waals surface area contributed by atoms with Gasteiger partial charge in [-0.05, 0) is 75.8 Å². The van der Waals surface area contributed by atoms with Crippen LogP contribution < -0.4 is 9.47 Å². The fraction of sp³-hybridized carbons (Fsp3) is 0.158. The molecule has 1 aliphatic rings. The third kappa shape index (κ3) is 4.41. The van der Waals surface area contributed by atoms with Crippen LogP contribution in [-0.4, -0.2) is 30.3 Å². The maximum Gasteiger partial charge on any atom is 0.293 e. The van der Waals surface area contributed by atoms with E-state index in [0.717, 1.165) is 20.9 Å². The molecular weight excluding hydrogens is 501 g/mol. The van der Waals surface area contributed by atoms with Crippen molar-refractivity contribution in [3.63, 3.8) is 0 Å². The summed E-state index contributed by atoms with van der Waals surface area (Å²) in [5.74, 6) is 0.548. The summed E-state index contributed by atoms with van der Waals surface area (Å²) >= 11 is 9.33. The van der Waals surface area contributed by atoms with Crippen LogP contribution in [0.2, 0.25) is 5.02 Å². The molecule has 1 saturated heterocycles. The molecule has 0 atom stereocenters. The summed E-state index contributed by atoms with van der Waals surface area (Å²) in [6.07, 6.45) is 1.63. The minimum absolute atomic E-state index is 0.242. The minimum atomic E-state index is -0.325. The van der Waals surface area contributed by atoms with Crippen LogP contribution in [0.4, 0.5) is 4.79 Å². The maximum atomic E-state index is 12.7. The Morgan fingerprint density at radius 2 is 1.85 bits per heavy atom. The van der Waals surface area contributed by atoms with Crippen LogP contribution in [-0.2, 0) is 11.3 Å². The third-order valence-electron chi connectivity index (χ3n) is 3.88. The van der Waals surface area contributed by atoms with Crippen molar-refractivity contribution in [1.29, 1.82) is 0 Å². The van der Waals surface area contributed by atoms with Crippen LogP contribution in [0.5, 0.6) is 11.5 Å². The first-order valence-corrected chi connectivity index (χ1v) is 10.1. The highest BCUT2D eigenvalue weighted by Crippen LogP contribution is 2.38. The zero-order valence-corrected chi connectivity index (χ0v) is 18.2. The third-order valence-corrected chi connectivity index (χ3v) is 5.79. The van der Waals surface area contributed by atoms with Crippen LogP contribution in [0.15, 0.2) is 41.3 Å². The summed E-state index contributed by atoms with van der Waals surface area (Å²) in [4.78, 5) is 26.6. The number of thioether (sulfide) groups is 1. The predicted molar refractivity (Wildman–Crippen MR) is 115 cm³/mol. The quantitative estimate of drug-likeness (QED) is 0.405. The van der Waals surface area contributed by atoms with Gasteiger partial charge in [-0.3, -0.25) is 14.5 Å².